The number of aromatic nitrogens is 3. The summed E-state index contributed by atoms with van der Waals surface area (Å²) in [6.45, 7) is 0. The minimum absolute atomic E-state index is 0.215. The third kappa shape index (κ3) is 1.32. The van der Waals surface area contributed by atoms with Gasteiger partial charge < -0.3 is 4.74 Å². The van der Waals surface area contributed by atoms with Crippen LogP contribution in [0.25, 0.3) is 21.8 Å². The Balaban J connectivity index is 2.62. The van der Waals surface area contributed by atoms with Gasteiger partial charge in [0.25, 0.3) is 5.56 Å². The van der Waals surface area contributed by atoms with Crippen molar-refractivity contribution in [2.24, 2.45) is 0 Å². The van der Waals surface area contributed by atoms with Crippen molar-refractivity contribution in [3.8, 4) is 5.75 Å². The first-order valence-electron chi connectivity index (χ1n) is 4.94. The second-order valence-corrected chi connectivity index (χ2v) is 4.01. The molecule has 0 amide bonds. The lowest BCUT2D eigenvalue weighted by atomic mass is 10.1. The zero-order chi connectivity index (χ0) is 12.0. The highest BCUT2D eigenvalue weighted by Crippen LogP contribution is 2.33. The van der Waals surface area contributed by atoms with Gasteiger partial charge in [0.15, 0.2) is 0 Å². The molecule has 0 spiro atoms. The lowest BCUT2D eigenvalue weighted by Gasteiger charge is -2.06. The molecule has 86 valence electrons. The monoisotopic (exact) mass is 249 g/mol. The first kappa shape index (κ1) is 10.2. The zero-order valence-corrected chi connectivity index (χ0v) is 9.63. The second-order valence-electron chi connectivity index (χ2n) is 3.60. The van der Waals surface area contributed by atoms with E-state index in [1.807, 2.05) is 0 Å². The second kappa shape index (κ2) is 3.49. The van der Waals surface area contributed by atoms with Crippen LogP contribution in [0.2, 0.25) is 5.02 Å². The van der Waals surface area contributed by atoms with Crippen LogP contribution in [-0.2, 0) is 0 Å². The summed E-state index contributed by atoms with van der Waals surface area (Å²) in [6.07, 6.45) is 1.51. The van der Waals surface area contributed by atoms with Crippen LogP contribution in [0.3, 0.4) is 0 Å². The number of hydrogen-bond acceptors (Lipinski definition) is 3. The van der Waals surface area contributed by atoms with Gasteiger partial charge in [-0.25, -0.2) is 0 Å². The molecule has 0 aliphatic rings. The van der Waals surface area contributed by atoms with Gasteiger partial charge in [0.05, 0.1) is 23.0 Å². The summed E-state index contributed by atoms with van der Waals surface area (Å²) in [4.78, 5) is 15.7. The maximum atomic E-state index is 11.5. The Morgan fingerprint density at radius 3 is 2.94 bits per heavy atom. The minimum Gasteiger partial charge on any atom is -0.494 e. The first-order valence-corrected chi connectivity index (χ1v) is 5.31. The van der Waals surface area contributed by atoms with Crippen LogP contribution in [0.1, 0.15) is 0 Å². The molecule has 17 heavy (non-hydrogen) atoms. The van der Waals surface area contributed by atoms with Crippen LogP contribution >= 0.6 is 11.6 Å². The molecule has 0 aliphatic heterocycles. The third-order valence-electron chi connectivity index (χ3n) is 2.70. The van der Waals surface area contributed by atoms with Crippen molar-refractivity contribution in [1.82, 2.24) is 15.2 Å². The molecule has 0 aliphatic carbocycles. The van der Waals surface area contributed by atoms with Crippen molar-refractivity contribution < 1.29 is 4.74 Å². The number of nitrogens with zero attached hydrogens (tertiary/aromatic N) is 1. The van der Waals surface area contributed by atoms with Crippen LogP contribution in [0.15, 0.2) is 23.1 Å². The fraction of sp³-hybridized carbons (Fsp3) is 0.0909. The van der Waals surface area contributed by atoms with Crippen molar-refractivity contribution in [3.63, 3.8) is 0 Å². The predicted molar refractivity (Wildman–Crippen MR) is 65.8 cm³/mol. The number of H-pyrrole nitrogens is 2. The lowest BCUT2D eigenvalue weighted by Crippen LogP contribution is -1.97. The maximum Gasteiger partial charge on any atom is 0.273 e. The fourth-order valence-electron chi connectivity index (χ4n) is 1.90. The van der Waals surface area contributed by atoms with E-state index in [1.165, 1.54) is 6.20 Å². The largest absolute Gasteiger partial charge is 0.494 e. The molecule has 0 unspecified atom stereocenters. The number of fused-ring (bicyclic) bond motifs is 3. The summed E-state index contributed by atoms with van der Waals surface area (Å²) in [7, 11) is 1.56. The molecule has 1 aromatic carbocycles. The van der Waals surface area contributed by atoms with Crippen molar-refractivity contribution in [2.75, 3.05) is 7.11 Å². The molecule has 0 bridgehead atoms. The quantitative estimate of drug-likeness (QED) is 0.694. The zero-order valence-electron chi connectivity index (χ0n) is 8.87. The van der Waals surface area contributed by atoms with Crippen molar-refractivity contribution >= 4 is 33.4 Å². The highest BCUT2D eigenvalue weighted by Gasteiger charge is 2.13. The SMILES string of the molecule is COc1ccc(Cl)c2c1ncc1c(=O)[nH][nH]c12. The minimum atomic E-state index is -0.215. The molecule has 0 fully saturated rings. The van der Waals surface area contributed by atoms with Gasteiger partial charge in [0.1, 0.15) is 11.3 Å². The van der Waals surface area contributed by atoms with E-state index in [9.17, 15) is 4.79 Å². The summed E-state index contributed by atoms with van der Waals surface area (Å²) in [6, 6.07) is 3.46. The van der Waals surface area contributed by atoms with E-state index in [1.54, 1.807) is 19.2 Å². The molecule has 2 heterocycles. The summed E-state index contributed by atoms with van der Waals surface area (Å²) in [5.74, 6) is 0.619. The van der Waals surface area contributed by atoms with E-state index < -0.39 is 0 Å². The van der Waals surface area contributed by atoms with E-state index in [0.717, 1.165) is 0 Å². The summed E-state index contributed by atoms with van der Waals surface area (Å²) < 4.78 is 5.21. The van der Waals surface area contributed by atoms with Crippen molar-refractivity contribution in [2.45, 2.75) is 0 Å². The molecular formula is C11H8ClN3O2. The number of ether oxygens (including phenoxy) is 1. The average Bonchev–Trinajstić information content (AvgIpc) is 2.72. The molecule has 0 saturated carbocycles. The smallest absolute Gasteiger partial charge is 0.273 e. The Labute approximate surface area is 100 Å². The molecule has 0 atom stereocenters. The number of benzene rings is 1. The summed E-state index contributed by atoms with van der Waals surface area (Å²) in [5, 5.41) is 7.00. The number of rotatable bonds is 1. The number of methoxy groups -OCH3 is 1. The van der Waals surface area contributed by atoms with Gasteiger partial charge in [-0.2, -0.15) is 0 Å². The topological polar surface area (TPSA) is 70.8 Å². The van der Waals surface area contributed by atoms with E-state index in [2.05, 4.69) is 15.2 Å². The molecule has 2 aromatic heterocycles. The number of pyridine rings is 1. The van der Waals surface area contributed by atoms with Crippen LogP contribution in [0, 0.1) is 0 Å². The van der Waals surface area contributed by atoms with E-state index in [-0.39, 0.29) is 5.56 Å². The van der Waals surface area contributed by atoms with Gasteiger partial charge in [-0.05, 0) is 12.1 Å². The maximum absolute atomic E-state index is 11.5. The number of halogens is 1. The molecule has 3 aromatic rings. The van der Waals surface area contributed by atoms with Gasteiger partial charge in [-0.1, -0.05) is 11.6 Å². The molecule has 6 heteroatoms. The van der Waals surface area contributed by atoms with Crippen LogP contribution in [-0.4, -0.2) is 22.3 Å². The predicted octanol–water partition coefficient (Wildman–Crippen LogP) is 2.07. The van der Waals surface area contributed by atoms with E-state index in [4.69, 9.17) is 16.3 Å². The van der Waals surface area contributed by atoms with Crippen molar-refractivity contribution in [1.29, 1.82) is 0 Å². The standard InChI is InChI=1S/C11H8ClN3O2/c1-17-7-3-2-6(12)8-9-5(4-13-10(7)8)11(16)15-14-9/h2-4H,1H3,(H2,14,15,16). The van der Waals surface area contributed by atoms with Gasteiger partial charge in [0, 0.05) is 11.6 Å². The highest BCUT2D eigenvalue weighted by molar-refractivity contribution is 6.37. The third-order valence-corrected chi connectivity index (χ3v) is 3.01. The first-order chi connectivity index (χ1) is 8.22. The molecule has 2 N–H and O–H groups in total. The number of nitrogens with one attached hydrogen (secondary N) is 2. The summed E-state index contributed by atoms with van der Waals surface area (Å²) in [5.41, 5.74) is 1.06. The normalized spacial score (nSPS) is 11.2. The van der Waals surface area contributed by atoms with Crippen LogP contribution in [0.4, 0.5) is 0 Å². The molecule has 5 nitrogen and oxygen atoms in total. The lowest BCUT2D eigenvalue weighted by molar-refractivity contribution is 0.419. The van der Waals surface area contributed by atoms with E-state index in [0.29, 0.717) is 32.6 Å². The number of aromatic amines is 2. The Morgan fingerprint density at radius 2 is 2.18 bits per heavy atom. The van der Waals surface area contributed by atoms with Crippen LogP contribution < -0.4 is 10.3 Å². The Bertz CT molecular complexity index is 775. The highest BCUT2D eigenvalue weighted by atomic mass is 35.5. The number of hydrogen-bond donors (Lipinski definition) is 2. The summed E-state index contributed by atoms with van der Waals surface area (Å²) >= 11 is 6.14. The van der Waals surface area contributed by atoms with Gasteiger partial charge in [-0.3, -0.25) is 20.0 Å². The molecule has 3 rings (SSSR count). The average molecular weight is 250 g/mol. The van der Waals surface area contributed by atoms with Gasteiger partial charge in [-0.15, -0.1) is 0 Å². The molecule has 0 radical (unpaired) electrons. The Morgan fingerprint density at radius 1 is 1.35 bits per heavy atom. The van der Waals surface area contributed by atoms with Gasteiger partial charge >= 0.3 is 0 Å². The van der Waals surface area contributed by atoms with E-state index >= 15 is 0 Å². The Hall–Kier alpha value is -2.01. The Kier molecular flexibility index (Phi) is 2.09. The molecule has 0 saturated heterocycles. The van der Waals surface area contributed by atoms with Crippen LogP contribution in [0.5, 0.6) is 5.75 Å². The molecular weight excluding hydrogens is 242 g/mol. The van der Waals surface area contributed by atoms with Gasteiger partial charge in [0.2, 0.25) is 0 Å². The fourth-order valence-corrected chi connectivity index (χ4v) is 2.14. The van der Waals surface area contributed by atoms with Crippen molar-refractivity contribution in [3.05, 3.63) is 33.7 Å².